The Morgan fingerprint density at radius 3 is 0.926 bits per heavy atom. The van der Waals surface area contributed by atoms with Crippen LogP contribution in [0.3, 0.4) is 0 Å². The maximum Gasteiger partial charge on any atom is 0.242 e. The van der Waals surface area contributed by atoms with E-state index in [9.17, 15) is 19.2 Å². The lowest BCUT2D eigenvalue weighted by Crippen LogP contribution is -2.47. The number of carbonyl (C=O) groups is 4. The number of unbranched alkanes of at least 4 members (excludes halogenated alkanes) is 38. The number of hydrogen-bond acceptors (Lipinski definition) is 4. The van der Waals surface area contributed by atoms with Gasteiger partial charge in [0.05, 0.1) is 0 Å². The molecule has 0 aromatic heterocycles. The molecule has 0 aliphatic rings. The summed E-state index contributed by atoms with van der Waals surface area (Å²) in [5.74, 6) is 0.120. The third-order valence-electron chi connectivity index (χ3n) is 14.2. The second-order valence-electron chi connectivity index (χ2n) is 21.2. The van der Waals surface area contributed by atoms with Crippen molar-refractivity contribution in [1.29, 1.82) is 0 Å². The fourth-order valence-electron chi connectivity index (χ4n) is 9.56. The molecular formula is C60H118N4O4. The average molecular weight is 960 g/mol. The Morgan fingerprint density at radius 2 is 0.574 bits per heavy atom. The molecule has 4 N–H and O–H groups in total. The molecule has 2 atom stereocenters. The van der Waals surface area contributed by atoms with E-state index in [2.05, 4.69) is 49.0 Å². The van der Waals surface area contributed by atoms with E-state index in [-0.39, 0.29) is 29.7 Å². The van der Waals surface area contributed by atoms with Crippen molar-refractivity contribution in [3.05, 3.63) is 0 Å². The monoisotopic (exact) mass is 959 g/mol. The van der Waals surface area contributed by atoms with Crippen LogP contribution in [0.15, 0.2) is 0 Å². The second kappa shape index (κ2) is 54.2. The molecule has 0 radical (unpaired) electrons. The Bertz CT molecular complexity index is 1100. The smallest absolute Gasteiger partial charge is 0.242 e. The molecule has 0 aromatic rings. The van der Waals surface area contributed by atoms with Gasteiger partial charge in [0.2, 0.25) is 23.6 Å². The minimum absolute atomic E-state index is 0.0392. The van der Waals surface area contributed by atoms with Crippen LogP contribution in [0, 0.1) is 0 Å². The summed E-state index contributed by atoms with van der Waals surface area (Å²) in [7, 11) is 0. The van der Waals surface area contributed by atoms with Crippen molar-refractivity contribution in [2.75, 3.05) is 13.1 Å². The van der Waals surface area contributed by atoms with Crippen LogP contribution in [0.5, 0.6) is 0 Å². The summed E-state index contributed by atoms with van der Waals surface area (Å²) in [4.78, 5) is 51.5. The Hall–Kier alpha value is -2.12. The summed E-state index contributed by atoms with van der Waals surface area (Å²) in [5.41, 5.74) is 0. The normalized spacial score (nSPS) is 12.2. The van der Waals surface area contributed by atoms with Crippen molar-refractivity contribution in [1.82, 2.24) is 21.3 Å². The van der Waals surface area contributed by atoms with E-state index < -0.39 is 6.04 Å². The van der Waals surface area contributed by atoms with E-state index >= 15 is 0 Å². The van der Waals surface area contributed by atoms with E-state index in [1.807, 2.05) is 0 Å². The van der Waals surface area contributed by atoms with Gasteiger partial charge in [-0.15, -0.1) is 0 Å². The van der Waals surface area contributed by atoms with Gasteiger partial charge >= 0.3 is 0 Å². The molecule has 0 spiro atoms. The van der Waals surface area contributed by atoms with E-state index in [0.717, 1.165) is 70.6 Å². The Balaban J connectivity index is 4.41. The fraction of sp³-hybridized carbons (Fsp3) is 0.933. The lowest BCUT2D eigenvalue weighted by molar-refractivity contribution is -0.129. The lowest BCUT2D eigenvalue weighted by atomic mass is 10.0. The minimum atomic E-state index is -0.561. The van der Waals surface area contributed by atoms with Gasteiger partial charge in [-0.2, -0.15) is 0 Å². The maximum atomic E-state index is 13.4. The van der Waals surface area contributed by atoms with Crippen molar-refractivity contribution < 1.29 is 19.2 Å². The first kappa shape index (κ1) is 65.9. The standard InChI is InChI=1S/C60H118N4O4/c1-5-8-11-14-17-20-23-26-29-32-35-38-41-50-57(65)61-53-47-45-49-56(64-59(67)52-43-40-37-34-31-28-25-22-19-16-13-10-7-3)60(68)62-54-46-44-48-55(4)63-58(66)51-42-39-36-33-30-27-24-21-18-15-12-9-6-2/h55-56H,5-54H2,1-4H3,(H,61,65)(H,62,68)(H,63,66)(H,64,67)/t55-,56+/m1/s1. The van der Waals surface area contributed by atoms with E-state index in [1.54, 1.807) is 0 Å². The van der Waals surface area contributed by atoms with Crippen LogP contribution in [0.25, 0.3) is 0 Å². The Labute approximate surface area is 423 Å². The molecule has 0 saturated heterocycles. The van der Waals surface area contributed by atoms with Crippen molar-refractivity contribution in [3.8, 4) is 0 Å². The van der Waals surface area contributed by atoms with Crippen molar-refractivity contribution in [3.63, 3.8) is 0 Å². The first-order valence-corrected chi connectivity index (χ1v) is 30.5. The first-order chi connectivity index (χ1) is 33.3. The van der Waals surface area contributed by atoms with Crippen LogP contribution in [-0.2, 0) is 19.2 Å². The summed E-state index contributed by atoms with van der Waals surface area (Å²) >= 11 is 0. The fourth-order valence-corrected chi connectivity index (χ4v) is 9.56. The number of rotatable bonds is 55. The SMILES string of the molecule is CCCCCCCCCCCCCCCC(=O)NCCCC[C@H](NC(=O)CCCCCCCCCCCCCCC)C(=O)NCCCC[C@@H](C)NC(=O)CCCCCCCCCCCCCCC. The highest BCUT2D eigenvalue weighted by molar-refractivity contribution is 5.87. The van der Waals surface area contributed by atoms with Gasteiger partial charge < -0.3 is 21.3 Å². The molecule has 402 valence electrons. The number of carbonyl (C=O) groups excluding carboxylic acids is 4. The Kier molecular flexibility index (Phi) is 52.5. The average Bonchev–Trinajstić information content (AvgIpc) is 3.32. The highest BCUT2D eigenvalue weighted by Crippen LogP contribution is 2.16. The maximum absolute atomic E-state index is 13.4. The molecule has 0 rings (SSSR count). The molecule has 0 heterocycles. The van der Waals surface area contributed by atoms with Gasteiger partial charge in [-0.3, -0.25) is 19.2 Å². The first-order valence-electron chi connectivity index (χ1n) is 30.5. The van der Waals surface area contributed by atoms with Gasteiger partial charge in [-0.05, 0) is 64.7 Å². The zero-order valence-corrected chi connectivity index (χ0v) is 46.1. The van der Waals surface area contributed by atoms with Crippen LogP contribution in [0.2, 0.25) is 0 Å². The quantitative estimate of drug-likeness (QED) is 0.0454. The van der Waals surface area contributed by atoms with Gasteiger partial charge in [0.1, 0.15) is 6.04 Å². The highest BCUT2D eigenvalue weighted by Gasteiger charge is 2.20. The molecule has 4 amide bonds. The molecule has 0 aromatic carbocycles. The van der Waals surface area contributed by atoms with Gasteiger partial charge in [0.25, 0.3) is 0 Å². The highest BCUT2D eigenvalue weighted by atomic mass is 16.2. The summed E-state index contributed by atoms with van der Waals surface area (Å²) in [6.45, 7) is 10.1. The summed E-state index contributed by atoms with van der Waals surface area (Å²) in [5, 5.41) is 12.4. The second-order valence-corrected chi connectivity index (χ2v) is 21.2. The predicted molar refractivity (Wildman–Crippen MR) is 294 cm³/mol. The van der Waals surface area contributed by atoms with Gasteiger partial charge in [0, 0.05) is 38.4 Å². The molecule has 68 heavy (non-hydrogen) atoms. The van der Waals surface area contributed by atoms with Crippen molar-refractivity contribution in [2.24, 2.45) is 0 Å². The molecule has 0 unspecified atom stereocenters. The summed E-state index contributed by atoms with van der Waals surface area (Å²) in [6, 6.07) is -0.443. The number of hydrogen-bond donors (Lipinski definition) is 4. The number of nitrogens with one attached hydrogen (secondary N) is 4. The Morgan fingerprint density at radius 1 is 0.294 bits per heavy atom. The van der Waals surface area contributed by atoms with Crippen LogP contribution in [-0.4, -0.2) is 48.8 Å². The lowest BCUT2D eigenvalue weighted by Gasteiger charge is -2.19. The van der Waals surface area contributed by atoms with Gasteiger partial charge in [0.15, 0.2) is 0 Å². The molecule has 0 fully saturated rings. The molecule has 8 heteroatoms. The van der Waals surface area contributed by atoms with Crippen LogP contribution >= 0.6 is 0 Å². The van der Waals surface area contributed by atoms with E-state index in [4.69, 9.17) is 0 Å². The van der Waals surface area contributed by atoms with Crippen molar-refractivity contribution in [2.45, 2.75) is 348 Å². The largest absolute Gasteiger partial charge is 0.356 e. The van der Waals surface area contributed by atoms with E-state index in [1.165, 1.54) is 212 Å². The van der Waals surface area contributed by atoms with Gasteiger partial charge in [-0.25, -0.2) is 0 Å². The third kappa shape index (κ3) is 50.3. The number of amides is 4. The van der Waals surface area contributed by atoms with Gasteiger partial charge in [-0.1, -0.05) is 252 Å². The molecule has 0 saturated carbocycles. The molecule has 0 aliphatic heterocycles. The minimum Gasteiger partial charge on any atom is -0.356 e. The summed E-state index contributed by atoms with van der Waals surface area (Å²) in [6.07, 6.45) is 56.7. The van der Waals surface area contributed by atoms with E-state index in [0.29, 0.717) is 38.8 Å². The molecular weight excluding hydrogens is 841 g/mol. The van der Waals surface area contributed by atoms with Crippen molar-refractivity contribution >= 4 is 23.6 Å². The zero-order valence-electron chi connectivity index (χ0n) is 46.1. The molecule has 0 aliphatic carbocycles. The predicted octanol–water partition coefficient (Wildman–Crippen LogP) is 17.0. The van der Waals surface area contributed by atoms with Crippen LogP contribution in [0.1, 0.15) is 336 Å². The molecule has 0 bridgehead atoms. The third-order valence-corrected chi connectivity index (χ3v) is 14.2. The molecule has 8 nitrogen and oxygen atoms in total. The summed E-state index contributed by atoms with van der Waals surface area (Å²) < 4.78 is 0. The van der Waals surface area contributed by atoms with Crippen LogP contribution in [0.4, 0.5) is 0 Å². The van der Waals surface area contributed by atoms with Crippen LogP contribution < -0.4 is 21.3 Å². The zero-order chi connectivity index (χ0) is 49.6. The topological polar surface area (TPSA) is 116 Å².